The molecule has 1 aromatic rings. The van der Waals surface area contributed by atoms with Crippen LogP contribution < -0.4 is 5.73 Å². The molecule has 1 fully saturated rings. The van der Waals surface area contributed by atoms with Crippen LogP contribution >= 0.6 is 11.3 Å². The largest absolute Gasteiger partial charge is 0.327 e. The highest BCUT2D eigenvalue weighted by atomic mass is 32.1. The highest BCUT2D eigenvalue weighted by Crippen LogP contribution is 2.18. The monoisotopic (exact) mass is 252 g/mol. The molecule has 1 unspecified atom stereocenters. The van der Waals surface area contributed by atoms with Crippen molar-refractivity contribution < 1.29 is 4.79 Å². The zero-order valence-corrected chi connectivity index (χ0v) is 11.1. The van der Waals surface area contributed by atoms with Crippen LogP contribution in [0.3, 0.4) is 0 Å². The van der Waals surface area contributed by atoms with E-state index < -0.39 is 0 Å². The fraction of sp³-hybridized carbons (Fsp3) is 0.615. The second-order valence-corrected chi connectivity index (χ2v) is 5.78. The van der Waals surface area contributed by atoms with E-state index in [0.29, 0.717) is 6.04 Å². The number of carbonyl (C=O) groups is 1. The molecule has 17 heavy (non-hydrogen) atoms. The maximum absolute atomic E-state index is 11.2. The molecule has 4 heteroatoms. The molecule has 0 aromatic carbocycles. The Morgan fingerprint density at radius 1 is 1.59 bits per heavy atom. The second kappa shape index (κ2) is 5.76. The van der Waals surface area contributed by atoms with Gasteiger partial charge in [-0.2, -0.15) is 0 Å². The van der Waals surface area contributed by atoms with Gasteiger partial charge in [0.2, 0.25) is 0 Å². The molecule has 94 valence electrons. The standard InChI is InChI=1S/C13H20N2OS/c1-10(16)13-6-11(9-17-13)7-15-5-3-2-4-12(14)8-15/h6,9,12H,2-5,7-8,14H2,1H3. The Labute approximate surface area is 107 Å². The molecule has 1 aliphatic rings. The fourth-order valence-corrected chi connectivity index (χ4v) is 3.11. The van der Waals surface area contributed by atoms with Crippen LogP contribution in [0.25, 0.3) is 0 Å². The zero-order chi connectivity index (χ0) is 12.3. The van der Waals surface area contributed by atoms with Gasteiger partial charge in [0, 0.05) is 19.1 Å². The summed E-state index contributed by atoms with van der Waals surface area (Å²) in [4.78, 5) is 14.5. The lowest BCUT2D eigenvalue weighted by molar-refractivity contribution is 0.102. The quantitative estimate of drug-likeness (QED) is 0.839. The highest BCUT2D eigenvalue weighted by molar-refractivity contribution is 7.12. The van der Waals surface area contributed by atoms with Gasteiger partial charge in [0.1, 0.15) is 0 Å². The van der Waals surface area contributed by atoms with Crippen LogP contribution in [0.15, 0.2) is 11.4 Å². The maximum Gasteiger partial charge on any atom is 0.169 e. The van der Waals surface area contributed by atoms with Crippen LogP contribution in [0.5, 0.6) is 0 Å². The fourth-order valence-electron chi connectivity index (χ4n) is 2.30. The lowest BCUT2D eigenvalue weighted by atomic mass is 10.1. The third-order valence-electron chi connectivity index (χ3n) is 3.20. The van der Waals surface area contributed by atoms with Gasteiger partial charge in [-0.05, 0) is 43.3 Å². The molecular formula is C13H20N2OS. The van der Waals surface area contributed by atoms with E-state index in [9.17, 15) is 4.79 Å². The topological polar surface area (TPSA) is 46.3 Å². The summed E-state index contributed by atoms with van der Waals surface area (Å²) < 4.78 is 0. The molecule has 1 saturated heterocycles. The van der Waals surface area contributed by atoms with E-state index in [-0.39, 0.29) is 5.78 Å². The van der Waals surface area contributed by atoms with Gasteiger partial charge in [-0.3, -0.25) is 9.69 Å². The van der Waals surface area contributed by atoms with Gasteiger partial charge in [0.05, 0.1) is 4.88 Å². The molecule has 2 N–H and O–H groups in total. The zero-order valence-electron chi connectivity index (χ0n) is 10.3. The van der Waals surface area contributed by atoms with Crippen molar-refractivity contribution in [3.63, 3.8) is 0 Å². The average Bonchev–Trinajstić information content (AvgIpc) is 2.63. The molecule has 2 heterocycles. The number of rotatable bonds is 3. The highest BCUT2D eigenvalue weighted by Gasteiger charge is 2.15. The molecule has 0 radical (unpaired) electrons. The normalized spacial score (nSPS) is 22.4. The first kappa shape index (κ1) is 12.7. The summed E-state index contributed by atoms with van der Waals surface area (Å²) in [6.45, 7) is 4.65. The van der Waals surface area contributed by atoms with Crippen molar-refractivity contribution in [3.05, 3.63) is 21.9 Å². The minimum Gasteiger partial charge on any atom is -0.327 e. The van der Waals surface area contributed by atoms with Crippen LogP contribution in [-0.4, -0.2) is 29.8 Å². The molecule has 3 nitrogen and oxygen atoms in total. The van der Waals surface area contributed by atoms with Crippen LogP contribution in [0.1, 0.15) is 41.4 Å². The van der Waals surface area contributed by atoms with Crippen molar-refractivity contribution in [2.24, 2.45) is 5.73 Å². The summed E-state index contributed by atoms with van der Waals surface area (Å²) in [7, 11) is 0. The summed E-state index contributed by atoms with van der Waals surface area (Å²) in [5.74, 6) is 0.161. The van der Waals surface area contributed by atoms with Crippen LogP contribution in [0.4, 0.5) is 0 Å². The van der Waals surface area contributed by atoms with E-state index in [0.717, 1.165) is 30.9 Å². The number of likely N-dealkylation sites (tertiary alicyclic amines) is 1. The molecule has 1 atom stereocenters. The molecule has 1 aromatic heterocycles. The Hall–Kier alpha value is -0.710. The number of carbonyl (C=O) groups excluding carboxylic acids is 1. The van der Waals surface area contributed by atoms with Crippen molar-refractivity contribution in [2.45, 2.75) is 38.8 Å². The van der Waals surface area contributed by atoms with E-state index in [2.05, 4.69) is 10.3 Å². The van der Waals surface area contributed by atoms with Gasteiger partial charge >= 0.3 is 0 Å². The summed E-state index contributed by atoms with van der Waals surface area (Å²) in [5, 5.41) is 2.09. The Bertz CT molecular complexity index is 389. The maximum atomic E-state index is 11.2. The van der Waals surface area contributed by atoms with Gasteiger partial charge in [-0.25, -0.2) is 0 Å². The van der Waals surface area contributed by atoms with Crippen LogP contribution in [0, 0.1) is 0 Å². The van der Waals surface area contributed by atoms with E-state index in [1.807, 2.05) is 6.07 Å². The number of hydrogen-bond acceptors (Lipinski definition) is 4. The Balaban J connectivity index is 1.96. The number of Topliss-reactive ketones (excluding diaryl/α,β-unsaturated/α-hetero) is 1. The Morgan fingerprint density at radius 2 is 2.41 bits per heavy atom. The smallest absolute Gasteiger partial charge is 0.169 e. The molecule has 2 rings (SSSR count). The van der Waals surface area contributed by atoms with Gasteiger partial charge < -0.3 is 5.73 Å². The number of hydrogen-bond donors (Lipinski definition) is 1. The minimum atomic E-state index is 0.161. The van der Waals surface area contributed by atoms with Crippen LogP contribution in [0.2, 0.25) is 0 Å². The van der Waals surface area contributed by atoms with Crippen molar-refractivity contribution in [1.29, 1.82) is 0 Å². The number of ketones is 1. The summed E-state index contributed by atoms with van der Waals surface area (Å²) >= 11 is 1.54. The van der Waals surface area contributed by atoms with Gasteiger partial charge in [-0.15, -0.1) is 11.3 Å². The van der Waals surface area contributed by atoms with Crippen molar-refractivity contribution in [2.75, 3.05) is 13.1 Å². The molecule has 0 spiro atoms. The number of nitrogens with zero attached hydrogens (tertiary/aromatic N) is 1. The first-order valence-electron chi connectivity index (χ1n) is 6.21. The molecule has 0 saturated carbocycles. The van der Waals surface area contributed by atoms with Gasteiger partial charge in [-0.1, -0.05) is 6.42 Å². The van der Waals surface area contributed by atoms with E-state index >= 15 is 0 Å². The number of thiophene rings is 1. The third-order valence-corrected chi connectivity index (χ3v) is 4.28. The van der Waals surface area contributed by atoms with E-state index in [1.54, 1.807) is 18.3 Å². The average molecular weight is 252 g/mol. The number of nitrogens with two attached hydrogens (primary N) is 1. The summed E-state index contributed by atoms with van der Waals surface area (Å²) in [6.07, 6.45) is 3.61. The minimum absolute atomic E-state index is 0.161. The molecule has 1 aliphatic heterocycles. The lowest BCUT2D eigenvalue weighted by Gasteiger charge is -2.21. The van der Waals surface area contributed by atoms with Gasteiger partial charge in [0.15, 0.2) is 5.78 Å². The predicted octanol–water partition coefficient (Wildman–Crippen LogP) is 2.26. The van der Waals surface area contributed by atoms with Crippen molar-refractivity contribution in [1.82, 2.24) is 4.90 Å². The van der Waals surface area contributed by atoms with Crippen molar-refractivity contribution in [3.8, 4) is 0 Å². The Kier molecular flexibility index (Phi) is 4.31. The van der Waals surface area contributed by atoms with Crippen LogP contribution in [-0.2, 0) is 6.54 Å². The van der Waals surface area contributed by atoms with E-state index in [4.69, 9.17) is 5.73 Å². The second-order valence-electron chi connectivity index (χ2n) is 4.87. The first-order valence-corrected chi connectivity index (χ1v) is 7.09. The van der Waals surface area contributed by atoms with E-state index in [1.165, 1.54) is 18.4 Å². The predicted molar refractivity (Wildman–Crippen MR) is 71.4 cm³/mol. The van der Waals surface area contributed by atoms with Crippen molar-refractivity contribution >= 4 is 17.1 Å². The lowest BCUT2D eigenvalue weighted by Crippen LogP contribution is -2.35. The van der Waals surface area contributed by atoms with Gasteiger partial charge in [0.25, 0.3) is 0 Å². The Morgan fingerprint density at radius 3 is 3.12 bits per heavy atom. The summed E-state index contributed by atoms with van der Waals surface area (Å²) in [5.41, 5.74) is 7.28. The molecule has 0 aliphatic carbocycles. The summed E-state index contributed by atoms with van der Waals surface area (Å²) in [6, 6.07) is 2.33. The molecular weight excluding hydrogens is 232 g/mol. The molecule has 0 amide bonds. The molecule has 0 bridgehead atoms. The third kappa shape index (κ3) is 3.63. The SMILES string of the molecule is CC(=O)c1cc(CN2CCCCC(N)C2)cs1. The first-order chi connectivity index (χ1) is 8.15.